The van der Waals surface area contributed by atoms with Crippen molar-refractivity contribution in [1.82, 2.24) is 9.80 Å². The Morgan fingerprint density at radius 1 is 0.968 bits per heavy atom. The second-order valence-electron chi connectivity index (χ2n) is 8.19. The van der Waals surface area contributed by atoms with E-state index in [9.17, 15) is 19.2 Å². The Labute approximate surface area is 181 Å². The summed E-state index contributed by atoms with van der Waals surface area (Å²) >= 11 is 0. The highest BCUT2D eigenvalue weighted by atomic mass is 16.5. The third-order valence-electron chi connectivity index (χ3n) is 6.36. The number of ether oxygens (including phenoxy) is 1. The van der Waals surface area contributed by atoms with E-state index in [4.69, 9.17) is 4.74 Å². The van der Waals surface area contributed by atoms with Crippen molar-refractivity contribution in [2.75, 3.05) is 37.7 Å². The number of rotatable bonds is 5. The van der Waals surface area contributed by atoms with Gasteiger partial charge in [0.1, 0.15) is 6.04 Å². The minimum Gasteiger partial charge on any atom is -0.454 e. The number of para-hydroxylation sites is 1. The van der Waals surface area contributed by atoms with Gasteiger partial charge in [-0.2, -0.15) is 0 Å². The number of likely N-dealkylation sites (tertiary alicyclic amines) is 1. The fraction of sp³-hybridized carbons (Fsp3) is 0.478. The Morgan fingerprint density at radius 3 is 2.13 bits per heavy atom. The second-order valence-corrected chi connectivity index (χ2v) is 8.19. The van der Waals surface area contributed by atoms with Gasteiger partial charge in [0, 0.05) is 31.9 Å². The quantitative estimate of drug-likeness (QED) is 0.401. The highest BCUT2D eigenvalue weighted by Crippen LogP contribution is 2.36. The van der Waals surface area contributed by atoms with E-state index in [0.717, 1.165) is 10.6 Å². The van der Waals surface area contributed by atoms with E-state index in [0.29, 0.717) is 39.0 Å². The number of carbonyl (C=O) groups excluding carboxylic acids is 4. The SMILES string of the molecule is C[C@@H](C(=O)OCC(=O)N1CCN(c2ccccc2)CC1)N1C(=O)[C@H]2CC=CC[C@@H]2C1=O. The average Bonchev–Trinajstić information content (AvgIpc) is 3.07. The van der Waals surface area contributed by atoms with Crippen molar-refractivity contribution in [3.63, 3.8) is 0 Å². The lowest BCUT2D eigenvalue weighted by Gasteiger charge is -2.36. The Kier molecular flexibility index (Phi) is 6.06. The Balaban J connectivity index is 1.26. The van der Waals surface area contributed by atoms with Crippen LogP contribution in [0.4, 0.5) is 5.69 Å². The lowest BCUT2D eigenvalue weighted by Crippen LogP contribution is -2.50. The van der Waals surface area contributed by atoms with Crippen LogP contribution in [0.5, 0.6) is 0 Å². The van der Waals surface area contributed by atoms with Gasteiger partial charge >= 0.3 is 5.97 Å². The summed E-state index contributed by atoms with van der Waals surface area (Å²) in [6.45, 7) is 3.58. The van der Waals surface area contributed by atoms with Gasteiger partial charge in [-0.1, -0.05) is 30.4 Å². The van der Waals surface area contributed by atoms with E-state index < -0.39 is 23.8 Å². The molecule has 3 aliphatic rings. The number of fused-ring (bicyclic) bond motifs is 1. The Bertz CT molecular complexity index is 866. The van der Waals surface area contributed by atoms with Crippen molar-refractivity contribution in [2.45, 2.75) is 25.8 Å². The van der Waals surface area contributed by atoms with E-state index in [1.807, 2.05) is 42.5 Å². The zero-order valence-corrected chi connectivity index (χ0v) is 17.6. The van der Waals surface area contributed by atoms with Crippen LogP contribution in [0.3, 0.4) is 0 Å². The van der Waals surface area contributed by atoms with E-state index >= 15 is 0 Å². The molecule has 31 heavy (non-hydrogen) atoms. The summed E-state index contributed by atoms with van der Waals surface area (Å²) in [5, 5.41) is 0. The molecule has 8 nitrogen and oxygen atoms in total. The number of anilines is 1. The molecule has 0 unspecified atom stereocenters. The minimum atomic E-state index is -1.03. The molecule has 3 atom stereocenters. The van der Waals surface area contributed by atoms with E-state index in [2.05, 4.69) is 4.90 Å². The molecule has 1 aromatic rings. The molecule has 2 fully saturated rings. The molecule has 1 aliphatic carbocycles. The number of imide groups is 1. The molecule has 0 spiro atoms. The molecule has 0 saturated carbocycles. The van der Waals surface area contributed by atoms with Gasteiger partial charge < -0.3 is 14.5 Å². The van der Waals surface area contributed by atoms with Gasteiger partial charge in [0.2, 0.25) is 11.8 Å². The van der Waals surface area contributed by atoms with Crippen LogP contribution in [0.2, 0.25) is 0 Å². The Morgan fingerprint density at radius 2 is 1.55 bits per heavy atom. The molecule has 2 saturated heterocycles. The van der Waals surface area contributed by atoms with Gasteiger partial charge in [0.15, 0.2) is 6.61 Å². The summed E-state index contributed by atoms with van der Waals surface area (Å²) in [5.74, 6) is -2.44. The van der Waals surface area contributed by atoms with Gasteiger partial charge in [-0.25, -0.2) is 4.79 Å². The zero-order valence-electron chi connectivity index (χ0n) is 17.6. The summed E-state index contributed by atoms with van der Waals surface area (Å²) in [4.78, 5) is 55.1. The van der Waals surface area contributed by atoms with Gasteiger partial charge in [0.05, 0.1) is 11.8 Å². The summed E-state index contributed by atoms with van der Waals surface area (Å²) < 4.78 is 5.19. The maximum absolute atomic E-state index is 12.6. The Hall–Kier alpha value is -3.16. The van der Waals surface area contributed by atoms with Crippen molar-refractivity contribution in [3.05, 3.63) is 42.5 Å². The van der Waals surface area contributed by atoms with Crippen LogP contribution in [0.25, 0.3) is 0 Å². The normalized spacial score (nSPS) is 24.2. The monoisotopic (exact) mass is 425 g/mol. The molecule has 164 valence electrons. The van der Waals surface area contributed by atoms with Crippen LogP contribution in [-0.4, -0.2) is 72.3 Å². The van der Waals surface area contributed by atoms with Gasteiger partial charge in [-0.3, -0.25) is 19.3 Å². The first kappa shape index (κ1) is 21.1. The van der Waals surface area contributed by atoms with Crippen molar-refractivity contribution >= 4 is 29.4 Å². The number of hydrogen-bond donors (Lipinski definition) is 0. The van der Waals surface area contributed by atoms with Crippen molar-refractivity contribution in [2.24, 2.45) is 11.8 Å². The molecule has 0 radical (unpaired) electrons. The molecule has 3 amide bonds. The topological polar surface area (TPSA) is 87.2 Å². The largest absolute Gasteiger partial charge is 0.454 e. The van der Waals surface area contributed by atoms with E-state index in [1.165, 1.54) is 6.92 Å². The first-order valence-corrected chi connectivity index (χ1v) is 10.7. The average molecular weight is 425 g/mol. The number of hydrogen-bond acceptors (Lipinski definition) is 6. The number of nitrogens with zero attached hydrogens (tertiary/aromatic N) is 3. The summed E-state index contributed by atoms with van der Waals surface area (Å²) in [7, 11) is 0. The summed E-state index contributed by atoms with van der Waals surface area (Å²) in [5.41, 5.74) is 1.12. The molecule has 0 N–H and O–H groups in total. The van der Waals surface area contributed by atoms with Crippen LogP contribution >= 0.6 is 0 Å². The molecule has 4 rings (SSSR count). The smallest absolute Gasteiger partial charge is 0.329 e. The highest BCUT2D eigenvalue weighted by molar-refractivity contribution is 6.08. The third kappa shape index (κ3) is 4.19. The maximum Gasteiger partial charge on any atom is 0.329 e. The summed E-state index contributed by atoms with van der Waals surface area (Å²) in [6.07, 6.45) is 4.83. The van der Waals surface area contributed by atoms with Gasteiger partial charge in [-0.15, -0.1) is 0 Å². The van der Waals surface area contributed by atoms with Gasteiger partial charge in [0.25, 0.3) is 5.91 Å². The first-order chi connectivity index (χ1) is 15.0. The number of piperazine rings is 1. The van der Waals surface area contributed by atoms with E-state index in [1.54, 1.807) is 4.90 Å². The summed E-state index contributed by atoms with van der Waals surface area (Å²) in [6, 6.07) is 8.96. The number of carbonyl (C=O) groups is 4. The molecular weight excluding hydrogens is 398 g/mol. The first-order valence-electron chi connectivity index (χ1n) is 10.7. The minimum absolute atomic E-state index is 0.273. The molecule has 8 heteroatoms. The molecule has 1 aromatic carbocycles. The van der Waals surface area contributed by atoms with Crippen LogP contribution in [0, 0.1) is 11.8 Å². The molecule has 2 aliphatic heterocycles. The third-order valence-corrected chi connectivity index (χ3v) is 6.36. The number of benzene rings is 1. The lowest BCUT2D eigenvalue weighted by molar-refractivity contribution is -0.161. The van der Waals surface area contributed by atoms with Crippen LogP contribution in [0.15, 0.2) is 42.5 Å². The van der Waals surface area contributed by atoms with Crippen molar-refractivity contribution in [3.8, 4) is 0 Å². The standard InChI is InChI=1S/C23H27N3O5/c1-16(26-21(28)18-9-5-6-10-19(18)22(26)29)23(30)31-15-20(27)25-13-11-24(12-14-25)17-7-3-2-4-8-17/h2-8,16,18-19H,9-15H2,1H3/t16-,18-,19-/m0/s1. The molecule has 0 bridgehead atoms. The fourth-order valence-corrected chi connectivity index (χ4v) is 4.51. The molecular formula is C23H27N3O5. The molecule has 0 aromatic heterocycles. The second kappa shape index (κ2) is 8.91. The number of esters is 1. The van der Waals surface area contributed by atoms with Crippen molar-refractivity contribution in [1.29, 1.82) is 0 Å². The van der Waals surface area contributed by atoms with Gasteiger partial charge in [-0.05, 0) is 31.9 Å². The predicted molar refractivity (Wildman–Crippen MR) is 113 cm³/mol. The van der Waals surface area contributed by atoms with Crippen LogP contribution in [0.1, 0.15) is 19.8 Å². The predicted octanol–water partition coefficient (Wildman–Crippen LogP) is 1.22. The van der Waals surface area contributed by atoms with Crippen LogP contribution in [-0.2, 0) is 23.9 Å². The highest BCUT2D eigenvalue weighted by Gasteiger charge is 2.50. The van der Waals surface area contributed by atoms with E-state index in [-0.39, 0.29) is 24.3 Å². The number of amides is 3. The molecule has 2 heterocycles. The maximum atomic E-state index is 12.6. The number of allylic oxidation sites excluding steroid dienone is 2. The zero-order chi connectivity index (χ0) is 22.0. The van der Waals surface area contributed by atoms with Crippen molar-refractivity contribution < 1.29 is 23.9 Å². The fourth-order valence-electron chi connectivity index (χ4n) is 4.51. The lowest BCUT2D eigenvalue weighted by atomic mass is 9.85. The van der Waals surface area contributed by atoms with Crippen LogP contribution < -0.4 is 4.90 Å².